The molecule has 2 aromatic rings. The Balaban J connectivity index is 2.03. The van der Waals surface area contributed by atoms with Crippen molar-refractivity contribution in [3.63, 3.8) is 0 Å². The quantitative estimate of drug-likeness (QED) is 0.764. The Morgan fingerprint density at radius 3 is 2.50 bits per heavy atom. The smallest absolute Gasteiger partial charge is 0.193 e. The molecule has 2 aromatic carbocycles. The number of ketones is 1. The molecule has 0 unspecified atom stereocenters. The number of carbonyl (C=O) groups is 1. The lowest BCUT2D eigenvalue weighted by molar-refractivity contribution is 0.103. The Morgan fingerprint density at radius 1 is 1.06 bits per heavy atom. The highest BCUT2D eigenvalue weighted by Gasteiger charge is 2.17. The molecule has 0 saturated heterocycles. The number of benzene rings is 2. The van der Waals surface area contributed by atoms with Gasteiger partial charge in [-0.05, 0) is 54.7 Å². The van der Waals surface area contributed by atoms with Gasteiger partial charge in [-0.1, -0.05) is 34.1 Å². The number of halogens is 1. The Hall–Kier alpha value is -1.41. The van der Waals surface area contributed by atoms with Gasteiger partial charge in [-0.15, -0.1) is 0 Å². The van der Waals surface area contributed by atoms with Gasteiger partial charge in [-0.2, -0.15) is 0 Å². The van der Waals surface area contributed by atoms with E-state index in [9.17, 15) is 4.79 Å². The Kier molecular flexibility index (Phi) is 2.83. The van der Waals surface area contributed by atoms with Crippen LogP contribution < -0.4 is 0 Å². The summed E-state index contributed by atoms with van der Waals surface area (Å²) >= 11 is 3.42. The maximum atomic E-state index is 12.5. The summed E-state index contributed by atoms with van der Waals surface area (Å²) < 4.78 is 0.945. The molecule has 90 valence electrons. The molecule has 18 heavy (non-hydrogen) atoms. The normalized spacial score (nSPS) is 12.8. The number of hydrogen-bond donors (Lipinski definition) is 0. The van der Waals surface area contributed by atoms with Crippen LogP contribution in [-0.2, 0) is 12.8 Å². The van der Waals surface area contributed by atoms with Gasteiger partial charge in [0.1, 0.15) is 0 Å². The lowest BCUT2D eigenvalue weighted by atomic mass is 9.86. The largest absolute Gasteiger partial charge is 0.289 e. The zero-order valence-corrected chi connectivity index (χ0v) is 11.8. The third-order valence-electron chi connectivity index (χ3n) is 3.58. The highest BCUT2D eigenvalue weighted by Crippen LogP contribution is 2.26. The average molecular weight is 301 g/mol. The first-order chi connectivity index (χ1) is 8.65. The van der Waals surface area contributed by atoms with Crippen molar-refractivity contribution in [3.8, 4) is 0 Å². The molecule has 0 radical (unpaired) electrons. The van der Waals surface area contributed by atoms with Crippen LogP contribution in [0.3, 0.4) is 0 Å². The maximum Gasteiger partial charge on any atom is 0.193 e. The molecule has 0 N–H and O–H groups in total. The van der Waals surface area contributed by atoms with Gasteiger partial charge in [0.15, 0.2) is 5.78 Å². The van der Waals surface area contributed by atoms with Crippen molar-refractivity contribution in [1.29, 1.82) is 0 Å². The lowest BCUT2D eigenvalue weighted by Crippen LogP contribution is -2.11. The lowest BCUT2D eigenvalue weighted by Gasteiger charge is -2.19. The maximum absolute atomic E-state index is 12.5. The number of rotatable bonds is 2. The van der Waals surface area contributed by atoms with E-state index in [1.807, 2.05) is 37.3 Å². The minimum atomic E-state index is 0.114. The van der Waals surface area contributed by atoms with Gasteiger partial charge in [0, 0.05) is 15.6 Å². The second-order valence-corrected chi connectivity index (χ2v) is 5.69. The summed E-state index contributed by atoms with van der Waals surface area (Å²) in [7, 11) is 0. The fourth-order valence-corrected chi connectivity index (χ4v) is 2.69. The van der Waals surface area contributed by atoms with Crippen molar-refractivity contribution in [2.45, 2.75) is 19.8 Å². The summed E-state index contributed by atoms with van der Waals surface area (Å²) in [5.74, 6) is 0.114. The van der Waals surface area contributed by atoms with Gasteiger partial charge >= 0.3 is 0 Å². The molecule has 1 aliphatic rings. The molecule has 0 heterocycles. The summed E-state index contributed by atoms with van der Waals surface area (Å²) in [5, 5.41) is 0. The molecule has 1 nitrogen and oxygen atoms in total. The van der Waals surface area contributed by atoms with Crippen LogP contribution in [0.5, 0.6) is 0 Å². The molecule has 0 aromatic heterocycles. The van der Waals surface area contributed by atoms with Crippen molar-refractivity contribution in [2.75, 3.05) is 0 Å². The molecule has 3 rings (SSSR count). The second-order valence-electron chi connectivity index (χ2n) is 4.77. The van der Waals surface area contributed by atoms with E-state index >= 15 is 0 Å². The topological polar surface area (TPSA) is 17.1 Å². The first-order valence-electron chi connectivity index (χ1n) is 6.08. The van der Waals surface area contributed by atoms with Gasteiger partial charge < -0.3 is 0 Å². The number of hydrogen-bond acceptors (Lipinski definition) is 1. The fraction of sp³-hybridized carbons (Fsp3) is 0.188. The third kappa shape index (κ3) is 1.91. The van der Waals surface area contributed by atoms with E-state index < -0.39 is 0 Å². The molecule has 0 fully saturated rings. The summed E-state index contributed by atoms with van der Waals surface area (Å²) in [5.41, 5.74) is 5.31. The Morgan fingerprint density at radius 2 is 1.83 bits per heavy atom. The average Bonchev–Trinajstić information content (AvgIpc) is 2.33. The van der Waals surface area contributed by atoms with Crippen LogP contribution in [-0.4, -0.2) is 5.78 Å². The van der Waals surface area contributed by atoms with Crippen LogP contribution in [0.15, 0.2) is 40.9 Å². The van der Waals surface area contributed by atoms with Gasteiger partial charge in [0.05, 0.1) is 0 Å². The summed E-state index contributed by atoms with van der Waals surface area (Å²) in [6.07, 6.45) is 2.26. The van der Waals surface area contributed by atoms with Crippen LogP contribution in [0.4, 0.5) is 0 Å². The number of fused-ring (bicyclic) bond motifs is 1. The van der Waals surface area contributed by atoms with Crippen molar-refractivity contribution < 1.29 is 4.79 Å². The SMILES string of the molecule is Cc1ccc(Br)cc1C(=O)c1ccc2c(c1)CC2. The Labute approximate surface area is 115 Å². The highest BCUT2D eigenvalue weighted by atomic mass is 79.9. The minimum Gasteiger partial charge on any atom is -0.289 e. The van der Waals surface area contributed by atoms with Crippen LogP contribution in [0.25, 0.3) is 0 Å². The molecule has 0 amide bonds. The van der Waals surface area contributed by atoms with Crippen molar-refractivity contribution >= 4 is 21.7 Å². The van der Waals surface area contributed by atoms with Gasteiger partial charge in [0.2, 0.25) is 0 Å². The molecule has 0 bridgehead atoms. The van der Waals surface area contributed by atoms with E-state index in [0.717, 1.165) is 34.0 Å². The van der Waals surface area contributed by atoms with Crippen molar-refractivity contribution in [2.24, 2.45) is 0 Å². The van der Waals surface area contributed by atoms with E-state index in [2.05, 4.69) is 22.0 Å². The van der Waals surface area contributed by atoms with E-state index in [1.54, 1.807) is 0 Å². The van der Waals surface area contributed by atoms with E-state index in [4.69, 9.17) is 0 Å². The summed E-state index contributed by atoms with van der Waals surface area (Å²) in [6.45, 7) is 1.97. The fourth-order valence-electron chi connectivity index (χ4n) is 2.33. The molecule has 0 saturated carbocycles. The van der Waals surface area contributed by atoms with E-state index in [0.29, 0.717) is 0 Å². The van der Waals surface area contributed by atoms with Crippen LogP contribution in [0, 0.1) is 6.92 Å². The van der Waals surface area contributed by atoms with E-state index in [1.165, 1.54) is 11.1 Å². The number of aryl methyl sites for hydroxylation is 3. The van der Waals surface area contributed by atoms with Crippen molar-refractivity contribution in [1.82, 2.24) is 0 Å². The zero-order chi connectivity index (χ0) is 12.7. The van der Waals surface area contributed by atoms with Crippen LogP contribution >= 0.6 is 15.9 Å². The zero-order valence-electron chi connectivity index (χ0n) is 10.2. The predicted molar refractivity (Wildman–Crippen MR) is 76.2 cm³/mol. The molecule has 0 atom stereocenters. The third-order valence-corrected chi connectivity index (χ3v) is 4.07. The monoisotopic (exact) mass is 300 g/mol. The molecular formula is C16H13BrO. The molecular weight excluding hydrogens is 288 g/mol. The van der Waals surface area contributed by atoms with Crippen LogP contribution in [0.1, 0.15) is 32.6 Å². The first kappa shape index (κ1) is 11.7. The van der Waals surface area contributed by atoms with E-state index in [-0.39, 0.29) is 5.78 Å². The van der Waals surface area contributed by atoms with Gasteiger partial charge in [-0.25, -0.2) is 0 Å². The molecule has 2 heteroatoms. The van der Waals surface area contributed by atoms with Gasteiger partial charge in [-0.3, -0.25) is 4.79 Å². The first-order valence-corrected chi connectivity index (χ1v) is 6.87. The number of carbonyl (C=O) groups excluding carboxylic acids is 1. The highest BCUT2D eigenvalue weighted by molar-refractivity contribution is 9.10. The minimum absolute atomic E-state index is 0.114. The molecule has 0 aliphatic heterocycles. The summed E-state index contributed by atoms with van der Waals surface area (Å²) in [4.78, 5) is 12.5. The predicted octanol–water partition coefficient (Wildman–Crippen LogP) is 4.09. The molecule has 1 aliphatic carbocycles. The van der Waals surface area contributed by atoms with Gasteiger partial charge in [0.25, 0.3) is 0 Å². The van der Waals surface area contributed by atoms with Crippen molar-refractivity contribution in [3.05, 3.63) is 68.7 Å². The Bertz CT molecular complexity index is 644. The standard InChI is InChI=1S/C16H13BrO/c1-10-2-7-14(17)9-15(10)16(18)13-6-4-11-3-5-12(11)8-13/h2,4,6-9H,3,5H2,1H3. The van der Waals surface area contributed by atoms with Crippen LogP contribution in [0.2, 0.25) is 0 Å². The second kappa shape index (κ2) is 4.36. The summed E-state index contributed by atoms with van der Waals surface area (Å²) in [6, 6.07) is 11.9. The molecule has 0 spiro atoms.